The van der Waals surface area contributed by atoms with Gasteiger partial charge in [0.25, 0.3) is 0 Å². The number of nitrogens with one attached hydrogen (secondary N) is 1. The van der Waals surface area contributed by atoms with E-state index >= 15 is 0 Å². The molecule has 0 heterocycles. The van der Waals surface area contributed by atoms with Crippen LogP contribution >= 0.6 is 0 Å². The van der Waals surface area contributed by atoms with Crippen LogP contribution in [0.3, 0.4) is 0 Å². The third kappa shape index (κ3) is 9.98. The summed E-state index contributed by atoms with van der Waals surface area (Å²) in [6, 6.07) is 4.43. The first-order valence-electron chi connectivity index (χ1n) is 7.59. The Bertz CT molecular complexity index is 635. The van der Waals surface area contributed by atoms with E-state index in [9.17, 15) is 15.3 Å². The molecule has 6 N–H and O–H groups in total. The van der Waals surface area contributed by atoms with Crippen molar-refractivity contribution in [2.45, 2.75) is 31.9 Å². The number of carboxylic acid groups (broad SMARTS) is 2. The summed E-state index contributed by atoms with van der Waals surface area (Å²) in [5, 5.41) is 49.9. The monoisotopic (exact) mass is 370 g/mol. The Kier molecular flexibility index (Phi) is 10.9. The molecular formula is C15H22N4O7. The molecule has 0 aliphatic carbocycles. The van der Waals surface area contributed by atoms with E-state index in [0.717, 1.165) is 12.8 Å². The van der Waals surface area contributed by atoms with Crippen LogP contribution in [0, 0.1) is 0 Å². The number of nitrogens with zero attached hydrogens (tertiary/aromatic N) is 3. The number of aliphatic carboxylic acids is 2. The van der Waals surface area contributed by atoms with E-state index < -0.39 is 18.0 Å². The van der Waals surface area contributed by atoms with Crippen molar-refractivity contribution in [2.24, 2.45) is 5.11 Å². The Morgan fingerprint density at radius 1 is 1.23 bits per heavy atom. The number of carbonyl (C=O) groups is 2. The molecule has 0 amide bonds. The van der Waals surface area contributed by atoms with Gasteiger partial charge >= 0.3 is 11.9 Å². The first-order valence-corrected chi connectivity index (χ1v) is 7.59. The van der Waals surface area contributed by atoms with E-state index in [1.807, 2.05) is 6.92 Å². The SMILES string of the molecule is CC(CCCN=[N+]=[N-])NC[C@H](O)c1ccc(O)c(O)c1.O=C(O)C(=O)O. The lowest BCUT2D eigenvalue weighted by Gasteiger charge is -2.17. The smallest absolute Gasteiger partial charge is 0.414 e. The fraction of sp³-hybridized carbons (Fsp3) is 0.467. The summed E-state index contributed by atoms with van der Waals surface area (Å²) in [5.74, 6) is -4.10. The standard InChI is InChI=1S/C13H20N4O3.C2H2O4/c1-9(3-2-6-16-17-14)15-8-13(20)10-4-5-11(18)12(19)7-10;3-1(4)2(5)6/h4-5,7,9,13,15,18-20H,2-3,6,8H2,1H3;(H,3,4)(H,5,6)/t9?,13-;/m0./s1. The third-order valence-electron chi connectivity index (χ3n) is 3.19. The minimum atomic E-state index is -1.82. The highest BCUT2D eigenvalue weighted by molar-refractivity contribution is 6.27. The number of azide groups is 1. The van der Waals surface area contributed by atoms with E-state index in [2.05, 4.69) is 15.3 Å². The van der Waals surface area contributed by atoms with E-state index in [4.69, 9.17) is 25.3 Å². The van der Waals surface area contributed by atoms with Crippen LogP contribution < -0.4 is 5.32 Å². The molecule has 1 aromatic rings. The van der Waals surface area contributed by atoms with Crippen molar-refractivity contribution >= 4 is 11.9 Å². The van der Waals surface area contributed by atoms with Crippen molar-refractivity contribution in [1.29, 1.82) is 0 Å². The molecule has 1 rings (SSSR count). The Balaban J connectivity index is 0.000000896. The maximum atomic E-state index is 9.97. The highest BCUT2D eigenvalue weighted by Gasteiger charge is 2.11. The second kappa shape index (κ2) is 12.4. The molecule has 0 aromatic heterocycles. The van der Waals surface area contributed by atoms with Gasteiger partial charge in [0, 0.05) is 24.0 Å². The number of phenolic OH excluding ortho intramolecular Hbond substituents is 2. The molecule has 11 nitrogen and oxygen atoms in total. The summed E-state index contributed by atoms with van der Waals surface area (Å²) in [4.78, 5) is 20.9. The van der Waals surface area contributed by atoms with Crippen LogP contribution in [0.2, 0.25) is 0 Å². The second-order valence-corrected chi connectivity index (χ2v) is 5.28. The Hall–Kier alpha value is -3.01. The molecule has 0 spiro atoms. The largest absolute Gasteiger partial charge is 0.504 e. The van der Waals surface area contributed by atoms with Crippen molar-refractivity contribution in [1.82, 2.24) is 5.32 Å². The zero-order valence-electron chi connectivity index (χ0n) is 14.1. The van der Waals surface area contributed by atoms with E-state index in [1.165, 1.54) is 12.1 Å². The van der Waals surface area contributed by atoms with Crippen molar-refractivity contribution in [3.8, 4) is 11.5 Å². The van der Waals surface area contributed by atoms with Gasteiger partial charge in [-0.25, -0.2) is 9.59 Å². The predicted molar refractivity (Wildman–Crippen MR) is 90.7 cm³/mol. The third-order valence-corrected chi connectivity index (χ3v) is 3.19. The molecule has 0 aliphatic heterocycles. The fourth-order valence-corrected chi connectivity index (χ4v) is 1.79. The Morgan fingerprint density at radius 2 is 1.85 bits per heavy atom. The van der Waals surface area contributed by atoms with Crippen LogP contribution in [0.25, 0.3) is 10.4 Å². The maximum Gasteiger partial charge on any atom is 0.414 e. The van der Waals surface area contributed by atoms with Crippen LogP contribution in [0.15, 0.2) is 23.3 Å². The van der Waals surface area contributed by atoms with Crippen LogP contribution in [0.1, 0.15) is 31.4 Å². The molecule has 0 fully saturated rings. The van der Waals surface area contributed by atoms with E-state index in [1.54, 1.807) is 6.07 Å². The summed E-state index contributed by atoms with van der Waals surface area (Å²) in [7, 11) is 0. The lowest BCUT2D eigenvalue weighted by atomic mass is 10.1. The predicted octanol–water partition coefficient (Wildman–Crippen LogP) is 1.36. The van der Waals surface area contributed by atoms with Gasteiger partial charge in [-0.3, -0.25) is 0 Å². The lowest BCUT2D eigenvalue weighted by Crippen LogP contribution is -2.30. The summed E-state index contributed by atoms with van der Waals surface area (Å²) < 4.78 is 0. The molecule has 144 valence electrons. The lowest BCUT2D eigenvalue weighted by molar-refractivity contribution is -0.159. The number of aliphatic hydroxyl groups is 1. The Morgan fingerprint density at radius 3 is 2.35 bits per heavy atom. The van der Waals surface area contributed by atoms with Crippen molar-refractivity contribution < 1.29 is 35.1 Å². The number of benzene rings is 1. The van der Waals surface area contributed by atoms with Crippen LogP contribution in [-0.2, 0) is 9.59 Å². The van der Waals surface area contributed by atoms with Gasteiger partial charge in [-0.2, -0.15) is 0 Å². The van der Waals surface area contributed by atoms with Gasteiger partial charge in [0.05, 0.1) is 6.10 Å². The minimum Gasteiger partial charge on any atom is -0.504 e. The highest BCUT2D eigenvalue weighted by atomic mass is 16.4. The summed E-state index contributed by atoms with van der Waals surface area (Å²) in [6.45, 7) is 2.79. The van der Waals surface area contributed by atoms with Gasteiger partial charge in [0.2, 0.25) is 0 Å². The molecule has 26 heavy (non-hydrogen) atoms. The normalized spacial score (nSPS) is 12.1. The zero-order valence-corrected chi connectivity index (χ0v) is 14.1. The quantitative estimate of drug-likeness (QED) is 0.0984. The number of carboxylic acids is 2. The number of hydrogen-bond donors (Lipinski definition) is 6. The molecule has 0 aliphatic rings. The van der Waals surface area contributed by atoms with Crippen molar-refractivity contribution in [3.63, 3.8) is 0 Å². The number of phenols is 2. The fourth-order valence-electron chi connectivity index (χ4n) is 1.79. The number of aromatic hydroxyl groups is 2. The Labute approximate surface area is 149 Å². The summed E-state index contributed by atoms with van der Waals surface area (Å²) >= 11 is 0. The molecule has 0 saturated heterocycles. The summed E-state index contributed by atoms with van der Waals surface area (Å²) in [6.07, 6.45) is 0.863. The molecule has 2 atom stereocenters. The first kappa shape index (κ1) is 23.0. The maximum absolute atomic E-state index is 9.97. The van der Waals surface area contributed by atoms with E-state index in [-0.39, 0.29) is 17.5 Å². The second-order valence-electron chi connectivity index (χ2n) is 5.28. The minimum absolute atomic E-state index is 0.184. The summed E-state index contributed by atoms with van der Waals surface area (Å²) in [5.41, 5.74) is 8.68. The van der Waals surface area contributed by atoms with Gasteiger partial charge in [-0.1, -0.05) is 11.2 Å². The first-order chi connectivity index (χ1) is 12.2. The van der Waals surface area contributed by atoms with Crippen molar-refractivity contribution in [2.75, 3.05) is 13.1 Å². The molecule has 0 saturated carbocycles. The van der Waals surface area contributed by atoms with Gasteiger partial charge < -0.3 is 30.8 Å². The van der Waals surface area contributed by atoms with Gasteiger partial charge in [-0.15, -0.1) is 0 Å². The van der Waals surface area contributed by atoms with E-state index in [0.29, 0.717) is 18.7 Å². The van der Waals surface area contributed by atoms with Gasteiger partial charge in [0.1, 0.15) is 0 Å². The molecule has 11 heteroatoms. The van der Waals surface area contributed by atoms with Gasteiger partial charge in [0.15, 0.2) is 11.5 Å². The molecular weight excluding hydrogens is 348 g/mol. The van der Waals surface area contributed by atoms with Crippen molar-refractivity contribution in [3.05, 3.63) is 34.2 Å². The van der Waals surface area contributed by atoms with Gasteiger partial charge in [-0.05, 0) is 43.0 Å². The number of rotatable bonds is 8. The highest BCUT2D eigenvalue weighted by Crippen LogP contribution is 2.27. The van der Waals surface area contributed by atoms with Crippen LogP contribution in [-0.4, -0.2) is 56.6 Å². The average Bonchev–Trinajstić information content (AvgIpc) is 2.59. The molecule has 1 unspecified atom stereocenters. The number of hydrogen-bond acceptors (Lipinski definition) is 7. The topological polar surface area (TPSA) is 196 Å². The number of aliphatic hydroxyl groups excluding tert-OH is 1. The zero-order chi connectivity index (χ0) is 20.1. The molecule has 0 radical (unpaired) electrons. The average molecular weight is 370 g/mol. The van der Waals surface area contributed by atoms with Crippen LogP contribution in [0.5, 0.6) is 11.5 Å². The van der Waals surface area contributed by atoms with Crippen LogP contribution in [0.4, 0.5) is 0 Å². The molecule has 0 bridgehead atoms. The molecule has 1 aromatic carbocycles.